The average molecular weight is 299 g/mol. The molecule has 0 spiro atoms. The molecule has 0 fully saturated rings. The minimum absolute atomic E-state index is 0.0671. The van der Waals surface area contributed by atoms with Crippen molar-refractivity contribution in [2.24, 2.45) is 0 Å². The van der Waals surface area contributed by atoms with Crippen molar-refractivity contribution >= 4 is 29.0 Å². The van der Waals surface area contributed by atoms with Crippen LogP contribution in [-0.4, -0.2) is 15.3 Å². The van der Waals surface area contributed by atoms with Crippen molar-refractivity contribution in [3.8, 4) is 5.69 Å². The summed E-state index contributed by atoms with van der Waals surface area (Å²) in [5, 5.41) is 0.274. The van der Waals surface area contributed by atoms with E-state index in [9.17, 15) is 14.4 Å². The summed E-state index contributed by atoms with van der Waals surface area (Å²) in [7, 11) is 0. The molecule has 2 aromatic rings. The van der Waals surface area contributed by atoms with E-state index in [4.69, 9.17) is 23.2 Å². The molecule has 0 radical (unpaired) electrons. The Bertz CT molecular complexity index is 777. The van der Waals surface area contributed by atoms with Gasteiger partial charge in [0, 0.05) is 6.20 Å². The van der Waals surface area contributed by atoms with E-state index in [2.05, 4.69) is 4.98 Å². The molecule has 1 heterocycles. The van der Waals surface area contributed by atoms with Gasteiger partial charge >= 0.3 is 5.69 Å². The van der Waals surface area contributed by atoms with Gasteiger partial charge in [-0.25, -0.2) is 9.36 Å². The molecule has 0 saturated carbocycles. The molecule has 0 aliphatic heterocycles. The molecule has 2 rings (SSSR count). The topological polar surface area (TPSA) is 71.9 Å². The number of nitrogens with zero attached hydrogens (tertiary/aromatic N) is 1. The van der Waals surface area contributed by atoms with Crippen molar-refractivity contribution in [2.45, 2.75) is 6.92 Å². The van der Waals surface area contributed by atoms with Gasteiger partial charge in [0.15, 0.2) is 5.78 Å². The van der Waals surface area contributed by atoms with Gasteiger partial charge in [-0.05, 0) is 19.1 Å². The molecule has 0 aliphatic carbocycles. The van der Waals surface area contributed by atoms with Crippen LogP contribution in [0.5, 0.6) is 0 Å². The number of H-pyrrole nitrogens is 1. The van der Waals surface area contributed by atoms with Crippen LogP contribution in [0, 0.1) is 0 Å². The number of carbonyl (C=O) groups is 1. The van der Waals surface area contributed by atoms with Crippen molar-refractivity contribution in [2.75, 3.05) is 0 Å². The Morgan fingerprint density at radius 1 is 1.26 bits per heavy atom. The standard InChI is InChI=1S/C12H8Cl2N2O3/c1-6(17)7-5-15-12(19)16(11(7)18)9-4-2-3-8(13)10(9)14/h2-5H,1H3,(H,15,19). The number of nitrogens with one attached hydrogen (secondary N) is 1. The maximum absolute atomic E-state index is 12.1. The molecule has 98 valence electrons. The summed E-state index contributed by atoms with van der Waals surface area (Å²) >= 11 is 11.8. The van der Waals surface area contributed by atoms with Crippen LogP contribution in [0.3, 0.4) is 0 Å². The number of Topliss-reactive ketones (excluding diaryl/α,β-unsaturated/α-hetero) is 1. The molecule has 1 aromatic heterocycles. The monoisotopic (exact) mass is 298 g/mol. The van der Waals surface area contributed by atoms with E-state index in [0.29, 0.717) is 0 Å². The van der Waals surface area contributed by atoms with Crippen LogP contribution in [0.15, 0.2) is 34.0 Å². The van der Waals surface area contributed by atoms with E-state index in [1.165, 1.54) is 19.1 Å². The molecular formula is C12H8Cl2N2O3. The Labute approximate surface area is 117 Å². The van der Waals surface area contributed by atoms with Gasteiger partial charge < -0.3 is 4.98 Å². The first kappa shape index (κ1) is 13.6. The van der Waals surface area contributed by atoms with Gasteiger partial charge in [0.05, 0.1) is 21.3 Å². The molecule has 0 bridgehead atoms. The minimum atomic E-state index is -0.736. The predicted molar refractivity (Wildman–Crippen MR) is 72.7 cm³/mol. The first-order valence-electron chi connectivity index (χ1n) is 5.23. The van der Waals surface area contributed by atoms with Crippen molar-refractivity contribution in [1.29, 1.82) is 0 Å². The Morgan fingerprint density at radius 2 is 1.95 bits per heavy atom. The third kappa shape index (κ3) is 2.34. The molecule has 0 atom stereocenters. The van der Waals surface area contributed by atoms with E-state index in [-0.39, 0.29) is 21.3 Å². The highest BCUT2D eigenvalue weighted by Gasteiger charge is 2.15. The van der Waals surface area contributed by atoms with Gasteiger partial charge in [0.25, 0.3) is 5.56 Å². The molecule has 19 heavy (non-hydrogen) atoms. The highest BCUT2D eigenvalue weighted by atomic mass is 35.5. The van der Waals surface area contributed by atoms with Crippen LogP contribution in [0.25, 0.3) is 5.69 Å². The predicted octanol–water partition coefficient (Wildman–Crippen LogP) is 2.04. The highest BCUT2D eigenvalue weighted by Crippen LogP contribution is 2.26. The number of halogens is 2. The second-order valence-corrected chi connectivity index (χ2v) is 4.56. The number of hydrogen-bond donors (Lipinski definition) is 1. The fourth-order valence-corrected chi connectivity index (χ4v) is 1.99. The fourth-order valence-electron chi connectivity index (χ4n) is 1.61. The zero-order valence-electron chi connectivity index (χ0n) is 9.74. The summed E-state index contributed by atoms with van der Waals surface area (Å²) in [5.41, 5.74) is -1.43. The van der Waals surface area contributed by atoms with Crippen molar-refractivity contribution in [3.05, 3.63) is 60.8 Å². The first-order valence-corrected chi connectivity index (χ1v) is 5.99. The molecule has 0 saturated heterocycles. The van der Waals surface area contributed by atoms with Crippen LogP contribution < -0.4 is 11.2 Å². The van der Waals surface area contributed by atoms with Crippen molar-refractivity contribution < 1.29 is 4.79 Å². The maximum atomic E-state index is 12.1. The number of aromatic nitrogens is 2. The van der Waals surface area contributed by atoms with Crippen LogP contribution in [0.4, 0.5) is 0 Å². The molecular weight excluding hydrogens is 291 g/mol. The fraction of sp³-hybridized carbons (Fsp3) is 0.0833. The summed E-state index contributed by atoms with van der Waals surface area (Å²) in [6, 6.07) is 4.55. The van der Waals surface area contributed by atoms with Gasteiger partial charge in [-0.3, -0.25) is 9.59 Å². The molecule has 5 nitrogen and oxygen atoms in total. The summed E-state index contributed by atoms with van der Waals surface area (Å²) in [5.74, 6) is -0.451. The van der Waals surface area contributed by atoms with Crippen molar-refractivity contribution in [3.63, 3.8) is 0 Å². The van der Waals surface area contributed by atoms with E-state index >= 15 is 0 Å². The summed E-state index contributed by atoms with van der Waals surface area (Å²) < 4.78 is 0.783. The number of rotatable bonds is 2. The van der Waals surface area contributed by atoms with Crippen molar-refractivity contribution in [1.82, 2.24) is 9.55 Å². The Kier molecular flexibility index (Phi) is 3.59. The SMILES string of the molecule is CC(=O)c1c[nH]c(=O)n(-c2cccc(Cl)c2Cl)c1=O. The third-order valence-corrected chi connectivity index (χ3v) is 3.34. The lowest BCUT2D eigenvalue weighted by Gasteiger charge is -2.08. The van der Waals surface area contributed by atoms with Gasteiger partial charge in [-0.1, -0.05) is 29.3 Å². The molecule has 0 unspecified atom stereocenters. The molecule has 1 aromatic carbocycles. The number of carbonyl (C=O) groups excluding carboxylic acids is 1. The maximum Gasteiger partial charge on any atom is 0.333 e. The number of hydrogen-bond acceptors (Lipinski definition) is 3. The normalized spacial score (nSPS) is 10.5. The first-order chi connectivity index (χ1) is 8.93. The summed E-state index contributed by atoms with van der Waals surface area (Å²) in [6.45, 7) is 1.24. The number of benzene rings is 1. The zero-order valence-corrected chi connectivity index (χ0v) is 11.2. The Hall–Kier alpha value is -1.85. The zero-order chi connectivity index (χ0) is 14.2. The minimum Gasteiger partial charge on any atom is -0.313 e. The quantitative estimate of drug-likeness (QED) is 0.862. The van der Waals surface area contributed by atoms with Gasteiger partial charge in [0.2, 0.25) is 0 Å². The van der Waals surface area contributed by atoms with Gasteiger partial charge in [0.1, 0.15) is 0 Å². The van der Waals surface area contributed by atoms with E-state index < -0.39 is 17.0 Å². The van der Waals surface area contributed by atoms with E-state index in [1.54, 1.807) is 6.07 Å². The third-order valence-electron chi connectivity index (χ3n) is 2.53. The lowest BCUT2D eigenvalue weighted by molar-refractivity contribution is 0.101. The van der Waals surface area contributed by atoms with E-state index in [0.717, 1.165) is 10.8 Å². The van der Waals surface area contributed by atoms with Crippen LogP contribution in [-0.2, 0) is 0 Å². The van der Waals surface area contributed by atoms with E-state index in [1.807, 2.05) is 0 Å². The highest BCUT2D eigenvalue weighted by molar-refractivity contribution is 6.43. The lowest BCUT2D eigenvalue weighted by Crippen LogP contribution is -2.36. The van der Waals surface area contributed by atoms with Crippen LogP contribution >= 0.6 is 23.2 Å². The molecule has 7 heteroatoms. The molecule has 1 N–H and O–H groups in total. The van der Waals surface area contributed by atoms with Gasteiger partial charge in [-0.15, -0.1) is 0 Å². The Morgan fingerprint density at radius 3 is 2.58 bits per heavy atom. The van der Waals surface area contributed by atoms with Gasteiger partial charge in [-0.2, -0.15) is 0 Å². The van der Waals surface area contributed by atoms with Crippen LogP contribution in [0.1, 0.15) is 17.3 Å². The number of aromatic amines is 1. The largest absolute Gasteiger partial charge is 0.333 e. The number of ketones is 1. The second kappa shape index (κ2) is 5.03. The smallest absolute Gasteiger partial charge is 0.313 e. The molecule has 0 amide bonds. The summed E-state index contributed by atoms with van der Waals surface area (Å²) in [6.07, 6.45) is 1.09. The lowest BCUT2D eigenvalue weighted by atomic mass is 10.2. The summed E-state index contributed by atoms with van der Waals surface area (Å²) in [4.78, 5) is 37.5. The second-order valence-electron chi connectivity index (χ2n) is 3.78. The van der Waals surface area contributed by atoms with Crippen LogP contribution in [0.2, 0.25) is 10.0 Å². The molecule has 0 aliphatic rings. The average Bonchev–Trinajstić information content (AvgIpc) is 2.34. The Balaban J connectivity index is 2.87.